The minimum absolute atomic E-state index is 0.188. The van der Waals surface area contributed by atoms with Gasteiger partial charge in [-0.05, 0) is 41.8 Å². The van der Waals surface area contributed by atoms with E-state index in [1.165, 1.54) is 30.3 Å². The van der Waals surface area contributed by atoms with Crippen LogP contribution in [0.1, 0.15) is 30.9 Å². The molecular weight excluding hydrogens is 348 g/mol. The molecule has 26 heavy (non-hydrogen) atoms. The number of hydrogen-bond acceptors (Lipinski definition) is 2. The maximum Gasteiger partial charge on any atom is 0.416 e. The standard InChI is InChI=1S/C20H18F4O2/c1-2-3-12-26-19(25)11-8-15-4-5-16(13-18(15)21)14-6-9-17(10-7-14)20(22,23)24/h4-11,13H,2-3,12H2,1H3/b11-8+. The number of halogens is 4. The summed E-state index contributed by atoms with van der Waals surface area (Å²) in [6.07, 6.45) is -0.303. The number of unbranched alkanes of at least 4 members (excludes halogenated alkanes) is 1. The molecule has 2 aromatic carbocycles. The van der Waals surface area contributed by atoms with Crippen molar-refractivity contribution >= 4 is 12.0 Å². The van der Waals surface area contributed by atoms with Crippen LogP contribution in [0.15, 0.2) is 48.5 Å². The summed E-state index contributed by atoms with van der Waals surface area (Å²) in [6, 6.07) is 8.73. The Morgan fingerprint density at radius 3 is 2.31 bits per heavy atom. The van der Waals surface area contributed by atoms with Crippen LogP contribution in [0.4, 0.5) is 17.6 Å². The number of rotatable bonds is 6. The van der Waals surface area contributed by atoms with Crippen LogP contribution in [0, 0.1) is 5.82 Å². The average molecular weight is 366 g/mol. The molecule has 0 fully saturated rings. The van der Waals surface area contributed by atoms with Gasteiger partial charge in [-0.25, -0.2) is 9.18 Å². The smallest absolute Gasteiger partial charge is 0.416 e. The molecule has 0 heterocycles. The van der Waals surface area contributed by atoms with Gasteiger partial charge in [0.25, 0.3) is 0 Å². The summed E-state index contributed by atoms with van der Waals surface area (Å²) in [5.74, 6) is -1.13. The van der Waals surface area contributed by atoms with Gasteiger partial charge in [-0.2, -0.15) is 13.2 Å². The van der Waals surface area contributed by atoms with Crippen molar-refractivity contribution in [3.63, 3.8) is 0 Å². The minimum Gasteiger partial charge on any atom is -0.463 e. The second-order valence-electron chi connectivity index (χ2n) is 5.67. The van der Waals surface area contributed by atoms with Gasteiger partial charge in [-0.1, -0.05) is 37.6 Å². The van der Waals surface area contributed by atoms with E-state index in [-0.39, 0.29) is 5.56 Å². The molecule has 0 N–H and O–H groups in total. The Bertz CT molecular complexity index is 777. The molecule has 0 spiro atoms. The zero-order valence-corrected chi connectivity index (χ0v) is 14.1. The molecule has 2 rings (SSSR count). The molecular formula is C20H18F4O2. The lowest BCUT2D eigenvalue weighted by atomic mass is 10.0. The van der Waals surface area contributed by atoms with E-state index in [1.54, 1.807) is 6.07 Å². The molecule has 0 unspecified atom stereocenters. The van der Waals surface area contributed by atoms with Gasteiger partial charge in [-0.15, -0.1) is 0 Å². The highest BCUT2D eigenvalue weighted by Gasteiger charge is 2.29. The van der Waals surface area contributed by atoms with Gasteiger partial charge >= 0.3 is 12.1 Å². The van der Waals surface area contributed by atoms with Crippen molar-refractivity contribution in [1.29, 1.82) is 0 Å². The molecule has 0 amide bonds. The Hall–Kier alpha value is -2.63. The lowest BCUT2D eigenvalue weighted by molar-refractivity contribution is -0.138. The molecule has 0 saturated carbocycles. The lowest BCUT2D eigenvalue weighted by Gasteiger charge is -2.08. The van der Waals surface area contributed by atoms with E-state index < -0.39 is 23.5 Å². The molecule has 0 atom stereocenters. The number of alkyl halides is 3. The molecule has 0 aromatic heterocycles. The van der Waals surface area contributed by atoms with Crippen molar-refractivity contribution in [2.45, 2.75) is 25.9 Å². The maximum atomic E-state index is 14.2. The van der Waals surface area contributed by atoms with E-state index in [0.29, 0.717) is 17.7 Å². The first-order valence-electron chi connectivity index (χ1n) is 8.13. The van der Waals surface area contributed by atoms with Gasteiger partial charge in [0.05, 0.1) is 12.2 Å². The second-order valence-corrected chi connectivity index (χ2v) is 5.67. The van der Waals surface area contributed by atoms with Crippen molar-refractivity contribution in [3.8, 4) is 11.1 Å². The van der Waals surface area contributed by atoms with Crippen molar-refractivity contribution in [3.05, 3.63) is 65.5 Å². The molecule has 2 nitrogen and oxygen atoms in total. The predicted molar refractivity (Wildman–Crippen MR) is 91.7 cm³/mol. The monoisotopic (exact) mass is 366 g/mol. The van der Waals surface area contributed by atoms with Gasteiger partial charge in [0.2, 0.25) is 0 Å². The van der Waals surface area contributed by atoms with Gasteiger partial charge in [-0.3, -0.25) is 0 Å². The van der Waals surface area contributed by atoms with Crippen LogP contribution in [0.2, 0.25) is 0 Å². The number of carbonyl (C=O) groups excluding carboxylic acids is 1. The molecule has 0 aliphatic rings. The number of benzene rings is 2. The quantitative estimate of drug-likeness (QED) is 0.277. The van der Waals surface area contributed by atoms with Gasteiger partial charge in [0, 0.05) is 11.6 Å². The lowest BCUT2D eigenvalue weighted by Crippen LogP contribution is -2.04. The van der Waals surface area contributed by atoms with Crippen molar-refractivity contribution in [1.82, 2.24) is 0 Å². The van der Waals surface area contributed by atoms with E-state index in [1.807, 2.05) is 6.92 Å². The highest BCUT2D eigenvalue weighted by molar-refractivity contribution is 5.87. The topological polar surface area (TPSA) is 26.3 Å². The number of carbonyl (C=O) groups is 1. The highest BCUT2D eigenvalue weighted by atomic mass is 19.4. The Morgan fingerprint density at radius 1 is 1.08 bits per heavy atom. The van der Waals surface area contributed by atoms with Crippen molar-refractivity contribution < 1.29 is 27.1 Å². The van der Waals surface area contributed by atoms with Gasteiger partial charge < -0.3 is 4.74 Å². The first-order valence-corrected chi connectivity index (χ1v) is 8.13. The van der Waals surface area contributed by atoms with Crippen LogP contribution in [0.3, 0.4) is 0 Å². The van der Waals surface area contributed by atoms with Crippen LogP contribution in [-0.2, 0) is 15.7 Å². The fraction of sp³-hybridized carbons (Fsp3) is 0.250. The SMILES string of the molecule is CCCCOC(=O)/C=C/c1ccc(-c2ccc(C(F)(F)F)cc2)cc1F. The molecule has 0 aliphatic heterocycles. The first-order chi connectivity index (χ1) is 12.3. The van der Waals surface area contributed by atoms with E-state index >= 15 is 0 Å². The Balaban J connectivity index is 2.10. The van der Waals surface area contributed by atoms with Crippen LogP contribution in [0.25, 0.3) is 17.2 Å². The van der Waals surface area contributed by atoms with E-state index in [9.17, 15) is 22.4 Å². The molecule has 6 heteroatoms. The molecule has 0 bridgehead atoms. The molecule has 2 aromatic rings. The third kappa shape index (κ3) is 5.44. The summed E-state index contributed by atoms with van der Waals surface area (Å²) in [5.41, 5.74) is 0.335. The predicted octanol–water partition coefficient (Wildman–Crippen LogP) is 5.87. The van der Waals surface area contributed by atoms with E-state index in [2.05, 4.69) is 0 Å². The maximum absolute atomic E-state index is 14.2. The number of esters is 1. The first kappa shape index (κ1) is 19.7. The minimum atomic E-state index is -4.41. The Kier molecular flexibility index (Phi) is 6.55. The number of hydrogen-bond donors (Lipinski definition) is 0. The van der Waals surface area contributed by atoms with Crippen LogP contribution in [0.5, 0.6) is 0 Å². The molecule has 0 radical (unpaired) electrons. The summed E-state index contributed by atoms with van der Waals surface area (Å²) < 4.78 is 56.9. The summed E-state index contributed by atoms with van der Waals surface area (Å²) in [6.45, 7) is 2.28. The second kappa shape index (κ2) is 8.65. The summed E-state index contributed by atoms with van der Waals surface area (Å²) in [5, 5.41) is 0. The van der Waals surface area contributed by atoms with Crippen molar-refractivity contribution in [2.75, 3.05) is 6.61 Å². The van der Waals surface area contributed by atoms with Crippen molar-refractivity contribution in [2.24, 2.45) is 0 Å². The summed E-state index contributed by atoms with van der Waals surface area (Å²) in [7, 11) is 0. The summed E-state index contributed by atoms with van der Waals surface area (Å²) in [4.78, 5) is 11.5. The fourth-order valence-corrected chi connectivity index (χ4v) is 2.22. The average Bonchev–Trinajstić information content (AvgIpc) is 2.60. The van der Waals surface area contributed by atoms with Crippen LogP contribution in [-0.4, -0.2) is 12.6 Å². The number of ether oxygens (including phenoxy) is 1. The zero-order chi connectivity index (χ0) is 19.2. The third-order valence-corrected chi connectivity index (χ3v) is 3.69. The highest BCUT2D eigenvalue weighted by Crippen LogP contribution is 2.31. The summed E-state index contributed by atoms with van der Waals surface area (Å²) >= 11 is 0. The Labute approximate surface area is 149 Å². The van der Waals surface area contributed by atoms with E-state index in [4.69, 9.17) is 4.74 Å². The van der Waals surface area contributed by atoms with Gasteiger partial charge in [0.1, 0.15) is 5.82 Å². The van der Waals surface area contributed by atoms with Crippen LogP contribution < -0.4 is 0 Å². The Morgan fingerprint density at radius 2 is 1.73 bits per heavy atom. The molecule has 0 saturated heterocycles. The fourth-order valence-electron chi connectivity index (χ4n) is 2.22. The molecule has 0 aliphatic carbocycles. The zero-order valence-electron chi connectivity index (χ0n) is 14.1. The normalized spacial score (nSPS) is 11.7. The third-order valence-electron chi connectivity index (χ3n) is 3.69. The molecule has 138 valence electrons. The van der Waals surface area contributed by atoms with Crippen LogP contribution >= 0.6 is 0 Å². The van der Waals surface area contributed by atoms with E-state index in [0.717, 1.165) is 31.1 Å². The van der Waals surface area contributed by atoms with Gasteiger partial charge in [0.15, 0.2) is 0 Å². The largest absolute Gasteiger partial charge is 0.463 e.